The van der Waals surface area contributed by atoms with E-state index in [4.69, 9.17) is 14.9 Å². The zero-order chi connectivity index (χ0) is 13.2. The zero-order valence-corrected chi connectivity index (χ0v) is 9.90. The summed E-state index contributed by atoms with van der Waals surface area (Å²) in [6.45, 7) is 3.15. The molecule has 1 aromatic rings. The second-order valence-electron chi connectivity index (χ2n) is 4.34. The van der Waals surface area contributed by atoms with Crippen LogP contribution in [0.4, 0.5) is 4.39 Å². The highest BCUT2D eigenvalue weighted by Crippen LogP contribution is 2.32. The van der Waals surface area contributed by atoms with Crippen LogP contribution in [-0.4, -0.2) is 29.4 Å². The average molecular weight is 242 g/mol. The van der Waals surface area contributed by atoms with E-state index in [0.29, 0.717) is 0 Å². The summed E-state index contributed by atoms with van der Waals surface area (Å²) in [5.74, 6) is -2.02. The van der Waals surface area contributed by atoms with E-state index in [1.807, 2.05) is 0 Å². The Labute approximate surface area is 98.7 Å². The van der Waals surface area contributed by atoms with E-state index in [1.54, 1.807) is 13.8 Å². The molecule has 0 radical (unpaired) electrons. The second-order valence-corrected chi connectivity index (χ2v) is 4.34. The third-order valence-corrected chi connectivity index (χ3v) is 2.76. The van der Waals surface area contributed by atoms with Gasteiger partial charge in [-0.25, -0.2) is 9.18 Å². The molecule has 0 bridgehead atoms. The molecule has 0 saturated carbocycles. The first kappa shape index (κ1) is 13.4. The van der Waals surface area contributed by atoms with Crippen molar-refractivity contribution >= 4 is 5.97 Å². The number of aromatic hydroxyl groups is 1. The van der Waals surface area contributed by atoms with Gasteiger partial charge in [-0.3, -0.25) is 0 Å². The van der Waals surface area contributed by atoms with E-state index in [-0.39, 0.29) is 11.3 Å². The number of ether oxygens (including phenoxy) is 1. The highest BCUT2D eigenvalue weighted by molar-refractivity contribution is 5.74. The molecule has 1 rings (SSSR count). The molecule has 4 nitrogen and oxygen atoms in total. The molecule has 94 valence electrons. The minimum Gasteiger partial charge on any atom is -0.508 e. The average Bonchev–Trinajstić information content (AvgIpc) is 2.16. The summed E-state index contributed by atoms with van der Waals surface area (Å²) in [7, 11) is 1.26. The number of methoxy groups -OCH3 is 1. The summed E-state index contributed by atoms with van der Waals surface area (Å²) >= 11 is 0. The van der Waals surface area contributed by atoms with E-state index in [1.165, 1.54) is 19.2 Å². The summed E-state index contributed by atoms with van der Waals surface area (Å²) < 4.78 is 18.6. The van der Waals surface area contributed by atoms with Crippen LogP contribution < -0.4 is 0 Å². The number of rotatable bonds is 4. The molecule has 0 amide bonds. The lowest BCUT2D eigenvalue weighted by Crippen LogP contribution is -2.42. The maximum atomic E-state index is 13.7. The van der Waals surface area contributed by atoms with Gasteiger partial charge >= 0.3 is 5.97 Å². The van der Waals surface area contributed by atoms with Gasteiger partial charge < -0.3 is 14.9 Å². The number of phenols is 1. The SMILES string of the molecule is COC(C(=O)O)C(C)(C)c1ccc(O)cc1F. The number of carbonyl (C=O) groups is 1. The van der Waals surface area contributed by atoms with Crippen LogP contribution in [-0.2, 0) is 14.9 Å². The van der Waals surface area contributed by atoms with Gasteiger partial charge in [-0.1, -0.05) is 19.9 Å². The Morgan fingerprint density at radius 3 is 2.47 bits per heavy atom. The Morgan fingerprint density at radius 1 is 1.47 bits per heavy atom. The molecule has 0 aliphatic heterocycles. The highest BCUT2D eigenvalue weighted by atomic mass is 19.1. The van der Waals surface area contributed by atoms with Crippen molar-refractivity contribution in [3.8, 4) is 5.75 Å². The van der Waals surface area contributed by atoms with E-state index < -0.39 is 23.3 Å². The predicted octanol–water partition coefficient (Wildman–Crippen LogP) is 1.91. The van der Waals surface area contributed by atoms with E-state index in [0.717, 1.165) is 6.07 Å². The van der Waals surface area contributed by atoms with Gasteiger partial charge in [0.2, 0.25) is 0 Å². The second kappa shape index (κ2) is 4.71. The monoisotopic (exact) mass is 242 g/mol. The lowest BCUT2D eigenvalue weighted by atomic mass is 9.79. The smallest absolute Gasteiger partial charge is 0.333 e. The molecule has 1 atom stereocenters. The van der Waals surface area contributed by atoms with Gasteiger partial charge in [0.25, 0.3) is 0 Å². The molecule has 17 heavy (non-hydrogen) atoms. The fourth-order valence-corrected chi connectivity index (χ4v) is 1.87. The molecule has 2 N–H and O–H groups in total. The summed E-state index contributed by atoms with van der Waals surface area (Å²) in [5, 5.41) is 18.1. The minimum absolute atomic E-state index is 0.185. The lowest BCUT2D eigenvalue weighted by Gasteiger charge is -2.31. The van der Waals surface area contributed by atoms with Crippen LogP contribution in [0.5, 0.6) is 5.75 Å². The number of aliphatic carboxylic acids is 1. The van der Waals surface area contributed by atoms with Crippen LogP contribution in [0.3, 0.4) is 0 Å². The van der Waals surface area contributed by atoms with Crippen LogP contribution in [0, 0.1) is 5.82 Å². The minimum atomic E-state index is -1.17. The quantitative estimate of drug-likeness (QED) is 0.846. The normalized spacial score (nSPS) is 13.4. The van der Waals surface area contributed by atoms with Crippen molar-refractivity contribution in [3.63, 3.8) is 0 Å². The number of phenolic OH excluding ortho intramolecular Hbond substituents is 1. The summed E-state index contributed by atoms with van der Waals surface area (Å²) in [6, 6.07) is 3.63. The fourth-order valence-electron chi connectivity index (χ4n) is 1.87. The molecule has 0 fully saturated rings. The molecule has 0 aliphatic rings. The molecule has 0 heterocycles. The fraction of sp³-hybridized carbons (Fsp3) is 0.417. The molecule has 0 spiro atoms. The Morgan fingerprint density at radius 2 is 2.06 bits per heavy atom. The van der Waals surface area contributed by atoms with E-state index in [2.05, 4.69) is 0 Å². The molecule has 1 unspecified atom stereocenters. The van der Waals surface area contributed by atoms with E-state index in [9.17, 15) is 9.18 Å². The van der Waals surface area contributed by atoms with Gasteiger partial charge in [0.15, 0.2) is 6.10 Å². The van der Waals surface area contributed by atoms with Gasteiger partial charge in [0.05, 0.1) is 0 Å². The number of halogens is 1. The standard InChI is InChI=1S/C12H15FO4/c1-12(2,10(17-3)11(15)16)8-5-4-7(14)6-9(8)13/h4-6,10,14H,1-3H3,(H,15,16). The van der Waals surface area contributed by atoms with Gasteiger partial charge in [0, 0.05) is 18.6 Å². The van der Waals surface area contributed by atoms with Crippen molar-refractivity contribution in [2.24, 2.45) is 0 Å². The Balaban J connectivity index is 3.24. The Kier molecular flexibility index (Phi) is 3.72. The highest BCUT2D eigenvalue weighted by Gasteiger charge is 2.38. The molecule has 1 aromatic carbocycles. The third-order valence-electron chi connectivity index (χ3n) is 2.76. The topological polar surface area (TPSA) is 66.8 Å². The van der Waals surface area contributed by atoms with Crippen molar-refractivity contribution in [2.75, 3.05) is 7.11 Å². The first-order chi connectivity index (χ1) is 7.80. The maximum Gasteiger partial charge on any atom is 0.333 e. The Hall–Kier alpha value is -1.62. The van der Waals surface area contributed by atoms with Crippen molar-refractivity contribution in [1.29, 1.82) is 0 Å². The van der Waals surface area contributed by atoms with Crippen LogP contribution in [0.2, 0.25) is 0 Å². The molecular weight excluding hydrogens is 227 g/mol. The van der Waals surface area contributed by atoms with Gasteiger partial charge in [0.1, 0.15) is 11.6 Å². The predicted molar refractivity (Wildman–Crippen MR) is 59.5 cm³/mol. The van der Waals surface area contributed by atoms with Crippen molar-refractivity contribution in [2.45, 2.75) is 25.4 Å². The maximum absolute atomic E-state index is 13.7. The Bertz CT molecular complexity index is 429. The summed E-state index contributed by atoms with van der Waals surface area (Å²) in [6.07, 6.45) is -1.17. The summed E-state index contributed by atoms with van der Waals surface area (Å²) in [4.78, 5) is 11.0. The number of hydrogen-bond acceptors (Lipinski definition) is 3. The largest absolute Gasteiger partial charge is 0.508 e. The molecule has 0 aromatic heterocycles. The molecule has 0 aliphatic carbocycles. The third kappa shape index (κ3) is 2.55. The lowest BCUT2D eigenvalue weighted by molar-refractivity contribution is -0.152. The van der Waals surface area contributed by atoms with Crippen LogP contribution >= 0.6 is 0 Å². The number of benzene rings is 1. The van der Waals surface area contributed by atoms with Gasteiger partial charge in [-0.2, -0.15) is 0 Å². The number of carboxylic acid groups (broad SMARTS) is 1. The van der Waals surface area contributed by atoms with Crippen LogP contribution in [0.15, 0.2) is 18.2 Å². The molecule has 5 heteroatoms. The summed E-state index contributed by atoms with van der Waals surface area (Å²) in [5.41, 5.74) is -0.859. The van der Waals surface area contributed by atoms with Crippen molar-refractivity contribution in [3.05, 3.63) is 29.6 Å². The van der Waals surface area contributed by atoms with E-state index >= 15 is 0 Å². The molecule has 0 saturated heterocycles. The number of hydrogen-bond donors (Lipinski definition) is 2. The van der Waals surface area contributed by atoms with Crippen LogP contribution in [0.25, 0.3) is 0 Å². The first-order valence-corrected chi connectivity index (χ1v) is 5.05. The van der Waals surface area contributed by atoms with Crippen molar-refractivity contribution in [1.82, 2.24) is 0 Å². The van der Waals surface area contributed by atoms with Crippen molar-refractivity contribution < 1.29 is 24.1 Å². The number of carboxylic acids is 1. The van der Waals surface area contributed by atoms with Crippen LogP contribution in [0.1, 0.15) is 19.4 Å². The zero-order valence-electron chi connectivity index (χ0n) is 9.90. The molecular formula is C12H15FO4. The first-order valence-electron chi connectivity index (χ1n) is 5.05. The van der Waals surface area contributed by atoms with Gasteiger partial charge in [-0.15, -0.1) is 0 Å². The van der Waals surface area contributed by atoms with Gasteiger partial charge in [-0.05, 0) is 11.6 Å².